The van der Waals surface area contributed by atoms with Crippen LogP contribution in [0.25, 0.3) is 10.9 Å². The molecule has 0 bridgehead atoms. The van der Waals surface area contributed by atoms with Crippen molar-refractivity contribution in [3.05, 3.63) is 63.9 Å². The number of benzene rings is 2. The highest BCUT2D eigenvalue weighted by atomic mass is 32.2. The van der Waals surface area contributed by atoms with Crippen LogP contribution >= 0.6 is 0 Å². The molecule has 0 aliphatic carbocycles. The summed E-state index contributed by atoms with van der Waals surface area (Å²) in [5.74, 6) is -0.385. The van der Waals surface area contributed by atoms with Crippen molar-refractivity contribution in [3.63, 3.8) is 0 Å². The van der Waals surface area contributed by atoms with Gasteiger partial charge in [0.05, 0.1) is 10.5 Å². The van der Waals surface area contributed by atoms with E-state index in [4.69, 9.17) is 0 Å². The number of hydrogen-bond acceptors (Lipinski definition) is 5. The van der Waals surface area contributed by atoms with Gasteiger partial charge in [-0.05, 0) is 61.7 Å². The predicted octanol–water partition coefficient (Wildman–Crippen LogP) is 2.94. The van der Waals surface area contributed by atoms with Crippen LogP contribution in [-0.4, -0.2) is 50.8 Å². The lowest BCUT2D eigenvalue weighted by atomic mass is 10.1. The Bertz CT molecular complexity index is 1360. The summed E-state index contributed by atoms with van der Waals surface area (Å²) in [4.78, 5) is 30.0. The van der Waals surface area contributed by atoms with Gasteiger partial charge in [-0.1, -0.05) is 0 Å². The number of rotatable bonds is 5. The highest BCUT2D eigenvalue weighted by Crippen LogP contribution is 2.29. The van der Waals surface area contributed by atoms with Gasteiger partial charge in [-0.25, -0.2) is 12.7 Å². The zero-order valence-electron chi connectivity index (χ0n) is 18.3. The number of H-pyrrole nitrogens is 1. The quantitative estimate of drug-likeness (QED) is 0.617. The molecule has 8 nitrogen and oxygen atoms in total. The maximum absolute atomic E-state index is 13.3. The van der Waals surface area contributed by atoms with Crippen LogP contribution in [0.15, 0.2) is 52.2 Å². The van der Waals surface area contributed by atoms with E-state index in [1.165, 1.54) is 26.2 Å². The van der Waals surface area contributed by atoms with Crippen LogP contribution in [0.1, 0.15) is 28.8 Å². The fraction of sp³-hybridized carbons (Fsp3) is 0.304. The molecule has 2 heterocycles. The predicted molar refractivity (Wildman–Crippen MR) is 126 cm³/mol. The van der Waals surface area contributed by atoms with Crippen LogP contribution in [0.2, 0.25) is 0 Å². The zero-order valence-corrected chi connectivity index (χ0v) is 19.1. The molecule has 9 heteroatoms. The highest BCUT2D eigenvalue weighted by Gasteiger charge is 2.24. The number of aromatic nitrogens is 1. The molecule has 32 heavy (non-hydrogen) atoms. The van der Waals surface area contributed by atoms with Gasteiger partial charge in [-0.2, -0.15) is 0 Å². The highest BCUT2D eigenvalue weighted by molar-refractivity contribution is 7.89. The maximum atomic E-state index is 13.3. The van der Waals surface area contributed by atoms with E-state index in [0.717, 1.165) is 46.9 Å². The second kappa shape index (κ2) is 8.40. The lowest BCUT2D eigenvalue weighted by Crippen LogP contribution is -2.25. The van der Waals surface area contributed by atoms with Crippen molar-refractivity contribution >= 4 is 38.2 Å². The summed E-state index contributed by atoms with van der Waals surface area (Å²) in [5.41, 5.74) is 2.90. The molecule has 0 radical (unpaired) electrons. The Morgan fingerprint density at radius 3 is 2.47 bits per heavy atom. The molecule has 4 rings (SSSR count). The first-order chi connectivity index (χ1) is 15.2. The van der Waals surface area contributed by atoms with Gasteiger partial charge < -0.3 is 15.2 Å². The molecule has 0 unspecified atom stereocenters. The number of carbonyl (C=O) groups excluding carboxylic acids is 1. The second-order valence-electron chi connectivity index (χ2n) is 8.19. The van der Waals surface area contributed by atoms with Crippen LogP contribution in [0.3, 0.4) is 0 Å². The van der Waals surface area contributed by atoms with Gasteiger partial charge in [0.15, 0.2) is 0 Å². The third kappa shape index (κ3) is 4.13. The van der Waals surface area contributed by atoms with Crippen molar-refractivity contribution in [2.24, 2.45) is 0 Å². The molecule has 3 aromatic rings. The summed E-state index contributed by atoms with van der Waals surface area (Å²) in [7, 11) is -0.756. The van der Waals surface area contributed by atoms with Gasteiger partial charge in [-0.3, -0.25) is 9.59 Å². The van der Waals surface area contributed by atoms with Crippen molar-refractivity contribution in [1.82, 2.24) is 9.29 Å². The summed E-state index contributed by atoms with van der Waals surface area (Å²) >= 11 is 0. The van der Waals surface area contributed by atoms with Gasteiger partial charge >= 0.3 is 0 Å². The van der Waals surface area contributed by atoms with Crippen LogP contribution in [-0.2, 0) is 10.0 Å². The van der Waals surface area contributed by atoms with Crippen molar-refractivity contribution in [2.45, 2.75) is 24.7 Å². The Kier molecular flexibility index (Phi) is 5.79. The molecule has 1 aliphatic rings. The van der Waals surface area contributed by atoms with E-state index in [-0.39, 0.29) is 16.4 Å². The molecule has 2 N–H and O–H groups in total. The molecule has 2 aromatic carbocycles. The van der Waals surface area contributed by atoms with E-state index >= 15 is 0 Å². The number of carbonyl (C=O) groups is 1. The first kappa shape index (κ1) is 22.0. The lowest BCUT2D eigenvalue weighted by Gasteiger charge is -2.22. The van der Waals surface area contributed by atoms with Crippen molar-refractivity contribution in [2.75, 3.05) is 37.4 Å². The standard InChI is InChI=1S/C23H26N4O4S/c1-15-12-22(28)25-20-8-6-16(13-18(15)20)24-23(29)19-14-17(32(30,31)26(2)3)7-9-21(19)27-10-4-5-11-27/h6-9,12-14H,4-5,10-11H2,1-3H3,(H,24,29)(H,25,28). The van der Waals surface area contributed by atoms with Gasteiger partial charge in [0.2, 0.25) is 15.6 Å². The van der Waals surface area contributed by atoms with E-state index in [1.54, 1.807) is 30.3 Å². The molecule has 1 fully saturated rings. The molecule has 1 amide bonds. The number of pyridine rings is 1. The minimum atomic E-state index is -3.68. The van der Waals surface area contributed by atoms with Crippen molar-refractivity contribution < 1.29 is 13.2 Å². The molecular weight excluding hydrogens is 428 g/mol. The number of aromatic amines is 1. The summed E-state index contributed by atoms with van der Waals surface area (Å²) in [6.45, 7) is 3.48. The summed E-state index contributed by atoms with van der Waals surface area (Å²) in [5, 5.41) is 3.72. The molecule has 168 valence electrons. The number of anilines is 2. The summed E-state index contributed by atoms with van der Waals surface area (Å²) in [6, 6.07) is 11.5. The lowest BCUT2D eigenvalue weighted by molar-refractivity contribution is 0.102. The number of nitrogens with one attached hydrogen (secondary N) is 2. The third-order valence-corrected chi connectivity index (χ3v) is 7.56. The molecule has 0 atom stereocenters. The normalized spacial score (nSPS) is 14.3. The third-order valence-electron chi connectivity index (χ3n) is 5.75. The van der Waals surface area contributed by atoms with E-state index in [1.807, 2.05) is 6.92 Å². The SMILES string of the molecule is Cc1cc(=O)[nH]c2ccc(NC(=O)c3cc(S(=O)(=O)N(C)C)ccc3N3CCCC3)cc12. The van der Waals surface area contributed by atoms with Crippen LogP contribution in [0, 0.1) is 6.92 Å². The van der Waals surface area contributed by atoms with E-state index in [2.05, 4.69) is 15.2 Å². The molecule has 1 aromatic heterocycles. The summed E-state index contributed by atoms with van der Waals surface area (Å²) < 4.78 is 26.5. The van der Waals surface area contributed by atoms with Gasteiger partial charge in [0, 0.05) is 55.5 Å². The fourth-order valence-corrected chi connectivity index (χ4v) is 4.93. The average molecular weight is 455 g/mol. The second-order valence-corrected chi connectivity index (χ2v) is 10.3. The van der Waals surface area contributed by atoms with E-state index in [9.17, 15) is 18.0 Å². The van der Waals surface area contributed by atoms with Gasteiger partial charge in [-0.15, -0.1) is 0 Å². The van der Waals surface area contributed by atoms with Crippen LogP contribution in [0.5, 0.6) is 0 Å². The monoisotopic (exact) mass is 454 g/mol. The minimum Gasteiger partial charge on any atom is -0.371 e. The van der Waals surface area contributed by atoms with E-state index < -0.39 is 10.0 Å². The average Bonchev–Trinajstić information content (AvgIpc) is 3.28. The Morgan fingerprint density at radius 1 is 1.06 bits per heavy atom. The molecule has 0 saturated carbocycles. The molecular formula is C23H26N4O4S. The van der Waals surface area contributed by atoms with E-state index in [0.29, 0.717) is 16.8 Å². The Morgan fingerprint density at radius 2 is 1.78 bits per heavy atom. The van der Waals surface area contributed by atoms with Crippen molar-refractivity contribution in [1.29, 1.82) is 0 Å². The van der Waals surface area contributed by atoms with Gasteiger partial charge in [0.25, 0.3) is 5.91 Å². The number of sulfonamides is 1. The first-order valence-electron chi connectivity index (χ1n) is 10.4. The maximum Gasteiger partial charge on any atom is 0.257 e. The number of amides is 1. The molecule has 1 aliphatic heterocycles. The first-order valence-corrected chi connectivity index (χ1v) is 11.9. The number of nitrogens with zero attached hydrogens (tertiary/aromatic N) is 2. The minimum absolute atomic E-state index is 0.0718. The summed E-state index contributed by atoms with van der Waals surface area (Å²) in [6.07, 6.45) is 2.06. The topological polar surface area (TPSA) is 103 Å². The van der Waals surface area contributed by atoms with Crippen LogP contribution in [0.4, 0.5) is 11.4 Å². The Labute approximate surface area is 186 Å². The van der Waals surface area contributed by atoms with Gasteiger partial charge in [0.1, 0.15) is 0 Å². The smallest absolute Gasteiger partial charge is 0.257 e. The molecule has 1 saturated heterocycles. The Hall–Kier alpha value is -3.17. The zero-order chi connectivity index (χ0) is 23.0. The van der Waals surface area contributed by atoms with Crippen molar-refractivity contribution in [3.8, 4) is 0 Å². The number of aryl methyl sites for hydroxylation is 1. The molecule has 0 spiro atoms. The number of hydrogen-bond donors (Lipinski definition) is 2. The fourth-order valence-electron chi connectivity index (χ4n) is 4.00. The Balaban J connectivity index is 1.74. The number of fused-ring (bicyclic) bond motifs is 1. The largest absolute Gasteiger partial charge is 0.371 e. The van der Waals surface area contributed by atoms with Crippen LogP contribution < -0.4 is 15.8 Å².